The molecule has 0 aromatic heterocycles. The zero-order chi connectivity index (χ0) is 21.8. The molecule has 8 heteroatoms. The summed E-state index contributed by atoms with van der Waals surface area (Å²) in [4.78, 5) is 51.0. The van der Waals surface area contributed by atoms with Crippen LogP contribution in [0.4, 0.5) is 4.79 Å². The maximum Gasteiger partial charge on any atom is 0.410 e. The minimum atomic E-state index is -0.746. The summed E-state index contributed by atoms with van der Waals surface area (Å²) in [5.41, 5.74) is 0.882. The van der Waals surface area contributed by atoms with Crippen LogP contribution in [0.15, 0.2) is 30.3 Å². The van der Waals surface area contributed by atoms with Gasteiger partial charge in [0, 0.05) is 19.0 Å². The van der Waals surface area contributed by atoms with E-state index < -0.39 is 18.2 Å². The largest absolute Gasteiger partial charge is 0.445 e. The maximum absolute atomic E-state index is 13.2. The van der Waals surface area contributed by atoms with Crippen molar-refractivity contribution in [3.63, 3.8) is 0 Å². The van der Waals surface area contributed by atoms with Crippen molar-refractivity contribution in [2.75, 3.05) is 13.1 Å². The van der Waals surface area contributed by atoms with E-state index in [9.17, 15) is 19.2 Å². The van der Waals surface area contributed by atoms with Gasteiger partial charge in [-0.15, -0.1) is 0 Å². The number of fused-ring (bicyclic) bond motifs is 1. The monoisotopic (exact) mass is 427 g/mol. The molecule has 2 saturated heterocycles. The van der Waals surface area contributed by atoms with Crippen molar-refractivity contribution in [3.8, 4) is 0 Å². The third-order valence-electron chi connectivity index (χ3n) is 6.79. The van der Waals surface area contributed by atoms with Crippen LogP contribution in [0.1, 0.15) is 37.7 Å². The second-order valence-corrected chi connectivity index (χ2v) is 8.76. The van der Waals surface area contributed by atoms with Gasteiger partial charge < -0.3 is 20.2 Å². The number of nitrogens with one attached hydrogen (secondary N) is 2. The Kier molecular flexibility index (Phi) is 6.53. The first-order valence-electron chi connectivity index (χ1n) is 11.1. The van der Waals surface area contributed by atoms with Gasteiger partial charge in [0.25, 0.3) is 0 Å². The maximum atomic E-state index is 13.2. The molecule has 0 radical (unpaired) electrons. The molecule has 2 N–H and O–H groups in total. The number of carbonyl (C=O) groups is 4. The van der Waals surface area contributed by atoms with E-state index in [0.29, 0.717) is 25.8 Å². The summed E-state index contributed by atoms with van der Waals surface area (Å²) in [7, 11) is 0. The molecule has 1 saturated carbocycles. The van der Waals surface area contributed by atoms with E-state index in [2.05, 4.69) is 10.6 Å². The number of benzene rings is 1. The van der Waals surface area contributed by atoms with Gasteiger partial charge in [-0.25, -0.2) is 4.79 Å². The Balaban J connectivity index is 1.41. The molecule has 0 spiro atoms. The smallest absolute Gasteiger partial charge is 0.410 e. The van der Waals surface area contributed by atoms with Gasteiger partial charge in [-0.1, -0.05) is 36.8 Å². The van der Waals surface area contributed by atoms with E-state index >= 15 is 0 Å². The lowest BCUT2D eigenvalue weighted by Crippen LogP contribution is -2.52. The van der Waals surface area contributed by atoms with Crippen LogP contribution in [-0.4, -0.2) is 54.3 Å². The molecule has 31 heavy (non-hydrogen) atoms. The minimum absolute atomic E-state index is 0.0753. The summed E-state index contributed by atoms with van der Waals surface area (Å²) in [6, 6.07) is 8.02. The van der Waals surface area contributed by atoms with Gasteiger partial charge in [0.1, 0.15) is 18.9 Å². The lowest BCUT2D eigenvalue weighted by Gasteiger charge is -2.28. The first kappa shape index (κ1) is 21.3. The van der Waals surface area contributed by atoms with Crippen LogP contribution in [0.5, 0.6) is 0 Å². The number of amides is 3. The SMILES string of the molecule is O=C[C@@H](C[C@H]1CCNC1=O)NC(=O)[C@H]1[C@@H]2CCC[C@@H]2CN1C(=O)OCc1ccccc1. The van der Waals surface area contributed by atoms with Gasteiger partial charge in [-0.05, 0) is 43.1 Å². The summed E-state index contributed by atoms with van der Waals surface area (Å²) in [6.45, 7) is 1.23. The molecule has 1 aliphatic carbocycles. The normalized spacial score (nSPS) is 28.0. The van der Waals surface area contributed by atoms with E-state index in [0.717, 1.165) is 24.8 Å². The summed E-state index contributed by atoms with van der Waals surface area (Å²) in [5, 5.41) is 5.54. The summed E-state index contributed by atoms with van der Waals surface area (Å²) in [5.74, 6) is -0.336. The highest BCUT2D eigenvalue weighted by Crippen LogP contribution is 2.42. The van der Waals surface area contributed by atoms with E-state index in [1.54, 1.807) is 0 Å². The number of hydrogen-bond donors (Lipinski definition) is 2. The first-order valence-corrected chi connectivity index (χ1v) is 11.1. The van der Waals surface area contributed by atoms with Gasteiger partial charge in [-0.3, -0.25) is 14.5 Å². The number of ether oxygens (including phenoxy) is 1. The highest BCUT2D eigenvalue weighted by atomic mass is 16.6. The zero-order valence-electron chi connectivity index (χ0n) is 17.5. The van der Waals surface area contributed by atoms with E-state index in [-0.39, 0.29) is 42.6 Å². The summed E-state index contributed by atoms with van der Waals surface area (Å²) in [6.07, 6.45) is 4.01. The van der Waals surface area contributed by atoms with Crippen LogP contribution < -0.4 is 10.6 Å². The number of carbonyl (C=O) groups excluding carboxylic acids is 4. The second kappa shape index (κ2) is 9.49. The molecule has 1 aromatic rings. The molecule has 3 fully saturated rings. The molecule has 0 bridgehead atoms. The Morgan fingerprint density at radius 1 is 1.23 bits per heavy atom. The third-order valence-corrected chi connectivity index (χ3v) is 6.79. The van der Waals surface area contributed by atoms with Crippen LogP contribution in [0.2, 0.25) is 0 Å². The fraction of sp³-hybridized carbons (Fsp3) is 0.565. The average molecular weight is 428 g/mol. The lowest BCUT2D eigenvalue weighted by atomic mass is 9.93. The summed E-state index contributed by atoms with van der Waals surface area (Å²) >= 11 is 0. The van der Waals surface area contributed by atoms with Crippen molar-refractivity contribution in [2.24, 2.45) is 17.8 Å². The first-order chi connectivity index (χ1) is 15.1. The van der Waals surface area contributed by atoms with Gasteiger partial charge in [-0.2, -0.15) is 0 Å². The highest BCUT2D eigenvalue weighted by Gasteiger charge is 2.50. The molecule has 5 atom stereocenters. The Hall–Kier alpha value is -2.90. The van der Waals surface area contributed by atoms with Crippen molar-refractivity contribution >= 4 is 24.2 Å². The van der Waals surface area contributed by atoms with Crippen LogP contribution >= 0.6 is 0 Å². The quantitative estimate of drug-likeness (QED) is 0.644. The van der Waals surface area contributed by atoms with Crippen molar-refractivity contribution in [1.29, 1.82) is 0 Å². The number of aldehydes is 1. The van der Waals surface area contributed by atoms with Crippen molar-refractivity contribution in [1.82, 2.24) is 15.5 Å². The third kappa shape index (κ3) is 4.73. The van der Waals surface area contributed by atoms with Crippen LogP contribution in [0.3, 0.4) is 0 Å². The van der Waals surface area contributed by atoms with Crippen molar-refractivity contribution in [2.45, 2.75) is 50.8 Å². The predicted octanol–water partition coefficient (Wildman–Crippen LogP) is 1.63. The van der Waals surface area contributed by atoms with Crippen molar-refractivity contribution in [3.05, 3.63) is 35.9 Å². The standard InChI is InChI=1S/C23H29N3O5/c27-13-18(11-16-9-10-24-21(16)28)25-22(29)20-19-8-4-7-17(19)12-26(20)23(30)31-14-15-5-2-1-3-6-15/h1-3,5-6,13,16-20H,4,7-12,14H2,(H,24,28)(H,25,29)/t16-,17-,18-,19-,20-/m1/s1. The topological polar surface area (TPSA) is 105 Å². The van der Waals surface area contributed by atoms with Gasteiger partial charge in [0.15, 0.2) is 0 Å². The predicted molar refractivity (Wildman–Crippen MR) is 112 cm³/mol. The molecular weight excluding hydrogens is 398 g/mol. The summed E-state index contributed by atoms with van der Waals surface area (Å²) < 4.78 is 5.50. The van der Waals surface area contributed by atoms with Gasteiger partial charge in [0.2, 0.25) is 11.8 Å². The Labute approximate surface area is 181 Å². The van der Waals surface area contributed by atoms with E-state index in [4.69, 9.17) is 4.74 Å². The fourth-order valence-corrected chi connectivity index (χ4v) is 5.22. The van der Waals surface area contributed by atoms with Crippen LogP contribution in [0.25, 0.3) is 0 Å². The lowest BCUT2D eigenvalue weighted by molar-refractivity contribution is -0.129. The second-order valence-electron chi connectivity index (χ2n) is 8.76. The van der Waals surface area contributed by atoms with Crippen LogP contribution in [-0.2, 0) is 25.7 Å². The molecule has 8 nitrogen and oxygen atoms in total. The van der Waals surface area contributed by atoms with Crippen molar-refractivity contribution < 1.29 is 23.9 Å². The minimum Gasteiger partial charge on any atom is -0.445 e. The Bertz CT molecular complexity index is 830. The molecule has 0 unspecified atom stereocenters. The molecule has 2 aliphatic heterocycles. The molecule has 1 aromatic carbocycles. The highest BCUT2D eigenvalue weighted by molar-refractivity contribution is 5.89. The molecule has 3 amide bonds. The molecule has 4 rings (SSSR count). The Morgan fingerprint density at radius 3 is 2.74 bits per heavy atom. The van der Waals surface area contributed by atoms with E-state index in [1.807, 2.05) is 30.3 Å². The van der Waals surface area contributed by atoms with E-state index in [1.165, 1.54) is 4.90 Å². The van der Waals surface area contributed by atoms with Gasteiger partial charge >= 0.3 is 6.09 Å². The molecule has 2 heterocycles. The number of rotatable bonds is 7. The number of likely N-dealkylation sites (tertiary alicyclic amines) is 1. The van der Waals surface area contributed by atoms with Gasteiger partial charge in [0.05, 0.1) is 6.04 Å². The molecule has 3 aliphatic rings. The average Bonchev–Trinajstić information content (AvgIpc) is 3.48. The molecular formula is C23H29N3O5. The number of hydrogen-bond acceptors (Lipinski definition) is 5. The zero-order valence-corrected chi connectivity index (χ0v) is 17.5. The molecule has 166 valence electrons. The Morgan fingerprint density at radius 2 is 2.03 bits per heavy atom. The van der Waals surface area contributed by atoms with Crippen LogP contribution in [0, 0.1) is 17.8 Å². The number of nitrogens with zero attached hydrogens (tertiary/aromatic N) is 1. The fourth-order valence-electron chi connectivity index (χ4n) is 5.22.